The summed E-state index contributed by atoms with van der Waals surface area (Å²) in [4.78, 5) is 25.0. The molecule has 130 valence electrons. The van der Waals surface area contributed by atoms with Crippen molar-refractivity contribution in [3.63, 3.8) is 0 Å². The number of rotatable bonds is 7. The van der Waals surface area contributed by atoms with Gasteiger partial charge in [-0.05, 0) is 38.0 Å². The van der Waals surface area contributed by atoms with Crippen molar-refractivity contribution in [3.05, 3.63) is 35.4 Å². The summed E-state index contributed by atoms with van der Waals surface area (Å²) in [6.45, 7) is 1.64. The summed E-state index contributed by atoms with van der Waals surface area (Å²) in [5.41, 5.74) is 1.31. The first kappa shape index (κ1) is 19.7. The predicted octanol–water partition coefficient (Wildman–Crippen LogP) is 1.80. The van der Waals surface area contributed by atoms with Gasteiger partial charge in [-0.1, -0.05) is 17.9 Å². The minimum Gasteiger partial charge on any atom is -0.394 e. The SMILES string of the molecule is CC(CO)NC(=O)c1cccc(C#CCCCCC(=O)N(C)C)c1. The first-order valence-corrected chi connectivity index (χ1v) is 8.15. The van der Waals surface area contributed by atoms with Gasteiger partial charge in [-0.25, -0.2) is 0 Å². The van der Waals surface area contributed by atoms with Gasteiger partial charge in [0.1, 0.15) is 0 Å². The van der Waals surface area contributed by atoms with Crippen molar-refractivity contribution in [2.75, 3.05) is 20.7 Å². The molecule has 5 heteroatoms. The van der Waals surface area contributed by atoms with Crippen molar-refractivity contribution in [3.8, 4) is 11.8 Å². The number of carbonyl (C=O) groups excluding carboxylic acids is 2. The Kier molecular flexibility index (Phi) is 8.59. The van der Waals surface area contributed by atoms with Gasteiger partial charge in [0, 0.05) is 44.1 Å². The molecule has 5 nitrogen and oxygen atoms in total. The lowest BCUT2D eigenvalue weighted by Crippen LogP contribution is -2.34. The minimum absolute atomic E-state index is 0.0957. The van der Waals surface area contributed by atoms with Gasteiger partial charge in [0.15, 0.2) is 0 Å². The van der Waals surface area contributed by atoms with Crippen LogP contribution in [0, 0.1) is 11.8 Å². The fraction of sp³-hybridized carbons (Fsp3) is 0.474. The second kappa shape index (κ2) is 10.5. The molecule has 0 aromatic heterocycles. The third kappa shape index (κ3) is 7.30. The van der Waals surface area contributed by atoms with E-state index in [4.69, 9.17) is 5.11 Å². The Morgan fingerprint density at radius 2 is 2.04 bits per heavy atom. The Morgan fingerprint density at radius 3 is 2.71 bits per heavy atom. The number of nitrogens with zero attached hydrogens (tertiary/aromatic N) is 1. The second-order valence-electron chi connectivity index (χ2n) is 5.93. The molecule has 0 aliphatic heterocycles. The molecule has 1 aromatic rings. The van der Waals surface area contributed by atoms with Crippen molar-refractivity contribution in [2.45, 2.75) is 38.6 Å². The Balaban J connectivity index is 2.48. The number of hydrogen-bond acceptors (Lipinski definition) is 3. The first-order valence-electron chi connectivity index (χ1n) is 8.15. The number of hydrogen-bond donors (Lipinski definition) is 2. The summed E-state index contributed by atoms with van der Waals surface area (Å²) in [6, 6.07) is 6.82. The number of unbranched alkanes of at least 4 members (excludes halogenated alkanes) is 2. The molecule has 0 bridgehead atoms. The zero-order chi connectivity index (χ0) is 17.9. The van der Waals surface area contributed by atoms with Crippen LogP contribution in [0.15, 0.2) is 24.3 Å². The molecule has 1 aromatic carbocycles. The highest BCUT2D eigenvalue weighted by Crippen LogP contribution is 2.06. The van der Waals surface area contributed by atoms with Gasteiger partial charge in [0.25, 0.3) is 5.91 Å². The third-order valence-corrected chi connectivity index (χ3v) is 3.45. The average Bonchev–Trinajstić information content (AvgIpc) is 2.57. The normalized spacial score (nSPS) is 11.2. The van der Waals surface area contributed by atoms with Crippen LogP contribution in [0.3, 0.4) is 0 Å². The van der Waals surface area contributed by atoms with Crippen LogP contribution < -0.4 is 5.32 Å². The van der Waals surface area contributed by atoms with Crippen LogP contribution in [0.2, 0.25) is 0 Å². The van der Waals surface area contributed by atoms with Crippen LogP contribution in [0.1, 0.15) is 48.5 Å². The van der Waals surface area contributed by atoms with E-state index in [2.05, 4.69) is 17.2 Å². The molecule has 0 saturated heterocycles. The maximum atomic E-state index is 12.0. The van der Waals surface area contributed by atoms with Crippen molar-refractivity contribution < 1.29 is 14.7 Å². The lowest BCUT2D eigenvalue weighted by molar-refractivity contribution is -0.128. The van der Waals surface area contributed by atoms with Gasteiger partial charge in [0.05, 0.1) is 6.61 Å². The van der Waals surface area contributed by atoms with E-state index >= 15 is 0 Å². The largest absolute Gasteiger partial charge is 0.394 e. The van der Waals surface area contributed by atoms with E-state index in [0.717, 1.165) is 24.8 Å². The summed E-state index contributed by atoms with van der Waals surface area (Å²) in [6.07, 6.45) is 2.97. The lowest BCUT2D eigenvalue weighted by atomic mass is 10.1. The maximum Gasteiger partial charge on any atom is 0.251 e. The van der Waals surface area contributed by atoms with Gasteiger partial charge >= 0.3 is 0 Å². The molecule has 24 heavy (non-hydrogen) atoms. The molecule has 0 heterocycles. The average molecular weight is 330 g/mol. The number of aliphatic hydroxyl groups excluding tert-OH is 1. The minimum atomic E-state index is -0.280. The number of aliphatic hydroxyl groups is 1. The summed E-state index contributed by atoms with van der Waals surface area (Å²) in [5, 5.41) is 11.7. The number of nitrogens with one attached hydrogen (secondary N) is 1. The summed E-state index contributed by atoms with van der Waals surface area (Å²) < 4.78 is 0. The van der Waals surface area contributed by atoms with E-state index in [-0.39, 0.29) is 24.5 Å². The number of benzene rings is 1. The molecule has 0 saturated carbocycles. The highest BCUT2D eigenvalue weighted by Gasteiger charge is 2.08. The Bertz CT molecular complexity index is 615. The van der Waals surface area contributed by atoms with Crippen LogP contribution in [-0.4, -0.2) is 48.6 Å². The van der Waals surface area contributed by atoms with Crippen molar-refractivity contribution in [1.29, 1.82) is 0 Å². The molecule has 2 amide bonds. The fourth-order valence-corrected chi connectivity index (χ4v) is 1.97. The van der Waals surface area contributed by atoms with Crippen molar-refractivity contribution in [2.24, 2.45) is 0 Å². The van der Waals surface area contributed by atoms with Gasteiger partial charge in [-0.3, -0.25) is 9.59 Å². The molecule has 1 unspecified atom stereocenters. The zero-order valence-electron chi connectivity index (χ0n) is 14.6. The van der Waals surface area contributed by atoms with E-state index in [1.165, 1.54) is 0 Å². The van der Waals surface area contributed by atoms with Crippen LogP contribution >= 0.6 is 0 Å². The summed E-state index contributed by atoms with van der Waals surface area (Å²) in [5.74, 6) is 6.04. The highest BCUT2D eigenvalue weighted by molar-refractivity contribution is 5.94. The van der Waals surface area contributed by atoms with Crippen molar-refractivity contribution >= 4 is 11.8 Å². The molecular weight excluding hydrogens is 304 g/mol. The molecule has 0 spiro atoms. The maximum absolute atomic E-state index is 12.0. The smallest absolute Gasteiger partial charge is 0.251 e. The quantitative estimate of drug-likeness (QED) is 0.592. The summed E-state index contributed by atoms with van der Waals surface area (Å²) in [7, 11) is 3.51. The summed E-state index contributed by atoms with van der Waals surface area (Å²) >= 11 is 0. The topological polar surface area (TPSA) is 69.6 Å². The van der Waals surface area contributed by atoms with E-state index in [1.807, 2.05) is 6.07 Å². The zero-order valence-corrected chi connectivity index (χ0v) is 14.6. The standard InChI is InChI=1S/C19H26N2O3/c1-15(14-22)20-19(24)17-11-8-10-16(13-17)9-6-4-5-7-12-18(23)21(2)3/h8,10-11,13,15,22H,4-5,7,12,14H2,1-3H3,(H,20,24). The van der Waals surface area contributed by atoms with Crippen LogP contribution in [0.25, 0.3) is 0 Å². The predicted molar refractivity (Wildman–Crippen MR) is 94.5 cm³/mol. The molecule has 0 fully saturated rings. The fourth-order valence-electron chi connectivity index (χ4n) is 1.97. The molecule has 1 rings (SSSR count). The third-order valence-electron chi connectivity index (χ3n) is 3.45. The van der Waals surface area contributed by atoms with Gasteiger partial charge in [-0.2, -0.15) is 0 Å². The van der Waals surface area contributed by atoms with E-state index in [1.54, 1.807) is 44.1 Å². The second-order valence-corrected chi connectivity index (χ2v) is 5.93. The van der Waals surface area contributed by atoms with Crippen molar-refractivity contribution in [1.82, 2.24) is 10.2 Å². The highest BCUT2D eigenvalue weighted by atomic mass is 16.3. The van der Waals surface area contributed by atoms with Crippen LogP contribution in [-0.2, 0) is 4.79 Å². The van der Waals surface area contributed by atoms with Crippen LogP contribution in [0.5, 0.6) is 0 Å². The number of carbonyl (C=O) groups is 2. The number of amides is 2. The van der Waals surface area contributed by atoms with E-state index < -0.39 is 0 Å². The van der Waals surface area contributed by atoms with Crippen LogP contribution in [0.4, 0.5) is 0 Å². The molecule has 0 radical (unpaired) electrons. The molecule has 1 atom stereocenters. The Morgan fingerprint density at radius 1 is 1.29 bits per heavy atom. The molecular formula is C19H26N2O3. The van der Waals surface area contributed by atoms with Gasteiger partial charge in [-0.15, -0.1) is 0 Å². The van der Waals surface area contributed by atoms with Gasteiger partial charge in [0.2, 0.25) is 5.91 Å². The van der Waals surface area contributed by atoms with Gasteiger partial charge < -0.3 is 15.3 Å². The van der Waals surface area contributed by atoms with E-state index in [0.29, 0.717) is 12.0 Å². The molecule has 2 N–H and O–H groups in total. The Labute approximate surface area is 144 Å². The molecule has 0 aliphatic carbocycles. The molecule has 0 aliphatic rings. The Hall–Kier alpha value is -2.32. The van der Waals surface area contributed by atoms with E-state index in [9.17, 15) is 9.59 Å². The monoisotopic (exact) mass is 330 g/mol. The lowest BCUT2D eigenvalue weighted by Gasteiger charge is -2.10. The first-order chi connectivity index (χ1) is 11.4.